The Morgan fingerprint density at radius 3 is 1.80 bits per heavy atom. The first-order valence-electron chi connectivity index (χ1n) is 1.26. The van der Waals surface area contributed by atoms with Crippen molar-refractivity contribution in [1.29, 1.82) is 0 Å². The van der Waals surface area contributed by atoms with Gasteiger partial charge in [0.2, 0.25) is 0 Å². The Kier molecular flexibility index (Phi) is 17.0. The van der Waals surface area contributed by atoms with Gasteiger partial charge in [-0.2, -0.15) is 0 Å². The normalized spacial score (nSPS) is 6.00. The third-order valence-corrected chi connectivity index (χ3v) is 0.144. The minimum atomic E-state index is 0. The Labute approximate surface area is 62.7 Å². The van der Waals surface area contributed by atoms with E-state index < -0.39 is 0 Å². The summed E-state index contributed by atoms with van der Waals surface area (Å²) in [6, 6.07) is 0. The Morgan fingerprint density at radius 2 is 1.80 bits per heavy atom. The van der Waals surface area contributed by atoms with Crippen LogP contribution in [-0.4, -0.2) is 13.1 Å². The average molecular weight is 218 g/mol. The molecule has 0 atom stereocenters. The fraction of sp³-hybridized carbons (Fsp3) is 1.00. The van der Waals surface area contributed by atoms with Crippen LogP contribution in [0.25, 0.3) is 5.73 Å². The van der Waals surface area contributed by atoms with Crippen LogP contribution in [-0.2, 0) is 0 Å². The van der Waals surface area contributed by atoms with Crippen molar-refractivity contribution < 1.29 is 38.6 Å². The molecule has 0 aliphatic rings. The standard InChI is InChI=1S/C2H7N2.Tb/c3-1-2-4;/h3H,1-2,4H2;/q-1;. The maximum Gasteiger partial charge on any atom is 0 e. The molecule has 0 saturated carbocycles. The van der Waals surface area contributed by atoms with Crippen molar-refractivity contribution in [2.24, 2.45) is 5.73 Å². The summed E-state index contributed by atoms with van der Waals surface area (Å²) in [6.07, 6.45) is 0. The van der Waals surface area contributed by atoms with E-state index in [-0.39, 0.29) is 38.6 Å². The van der Waals surface area contributed by atoms with Gasteiger partial charge in [0.15, 0.2) is 0 Å². The summed E-state index contributed by atoms with van der Waals surface area (Å²) in [5, 5.41) is 0. The molecule has 0 bridgehead atoms. The van der Waals surface area contributed by atoms with Crippen molar-refractivity contribution in [2.75, 3.05) is 13.1 Å². The van der Waals surface area contributed by atoms with Crippen LogP contribution < -0.4 is 5.73 Å². The van der Waals surface area contributed by atoms with Crippen LogP contribution in [0.5, 0.6) is 0 Å². The van der Waals surface area contributed by atoms with E-state index in [4.69, 9.17) is 11.5 Å². The third kappa shape index (κ3) is 11.0. The second-order valence-corrected chi connectivity index (χ2v) is 0.539. The van der Waals surface area contributed by atoms with Crippen molar-refractivity contribution in [3.8, 4) is 0 Å². The summed E-state index contributed by atoms with van der Waals surface area (Å²) in [6.45, 7) is 0.833. The Morgan fingerprint density at radius 1 is 1.60 bits per heavy atom. The van der Waals surface area contributed by atoms with Gasteiger partial charge in [-0.25, -0.2) is 0 Å². The third-order valence-electron chi connectivity index (χ3n) is 0.144. The summed E-state index contributed by atoms with van der Waals surface area (Å²) in [7, 11) is 0. The van der Waals surface area contributed by atoms with Crippen molar-refractivity contribution in [3.63, 3.8) is 0 Å². The molecule has 0 aromatic carbocycles. The van der Waals surface area contributed by atoms with Crippen LogP contribution in [0.15, 0.2) is 0 Å². The van der Waals surface area contributed by atoms with Gasteiger partial charge in [-0.1, -0.05) is 0 Å². The predicted molar refractivity (Wildman–Crippen MR) is 18.2 cm³/mol. The van der Waals surface area contributed by atoms with Gasteiger partial charge in [0.25, 0.3) is 0 Å². The van der Waals surface area contributed by atoms with E-state index in [1.165, 1.54) is 0 Å². The molecule has 0 spiro atoms. The monoisotopic (exact) mass is 218 g/mol. The molecule has 0 aromatic heterocycles. The molecule has 3 heteroatoms. The molecule has 0 unspecified atom stereocenters. The van der Waals surface area contributed by atoms with Gasteiger partial charge in [0.1, 0.15) is 0 Å². The van der Waals surface area contributed by atoms with Gasteiger partial charge >= 0.3 is 0 Å². The van der Waals surface area contributed by atoms with E-state index in [1.807, 2.05) is 0 Å². The minimum Gasteiger partial charge on any atom is -0.676 e. The van der Waals surface area contributed by atoms with E-state index >= 15 is 0 Å². The zero-order valence-electron chi connectivity index (χ0n) is 2.82. The molecular formula is C2H7N2Tb-. The van der Waals surface area contributed by atoms with Gasteiger partial charge in [0, 0.05) is 38.6 Å². The molecule has 35 valence electrons. The molecule has 0 saturated heterocycles. The molecule has 0 rings (SSSR count). The van der Waals surface area contributed by atoms with Crippen LogP contribution >= 0.6 is 0 Å². The molecule has 0 aromatic rings. The molecular weight excluding hydrogens is 211 g/mol. The van der Waals surface area contributed by atoms with Gasteiger partial charge in [-0.05, 0) is 6.54 Å². The van der Waals surface area contributed by atoms with E-state index in [2.05, 4.69) is 0 Å². The Bertz CT molecular complexity index is 9.61. The Balaban J connectivity index is 0. The smallest absolute Gasteiger partial charge is 0 e. The summed E-state index contributed by atoms with van der Waals surface area (Å²) in [5.74, 6) is 0. The van der Waals surface area contributed by atoms with E-state index in [1.54, 1.807) is 0 Å². The first-order chi connectivity index (χ1) is 1.91. The fourth-order valence-corrected chi connectivity index (χ4v) is 0. The number of hydrogen-bond donors (Lipinski definition) is 1. The molecule has 1 radical (unpaired) electrons. The topological polar surface area (TPSA) is 49.8 Å². The van der Waals surface area contributed by atoms with Gasteiger partial charge in [-0.3, -0.25) is 0 Å². The van der Waals surface area contributed by atoms with Crippen molar-refractivity contribution in [1.82, 2.24) is 0 Å². The Hall–Kier alpha value is 1.21. The van der Waals surface area contributed by atoms with Crippen LogP contribution in [0.4, 0.5) is 0 Å². The largest absolute Gasteiger partial charge is 0.676 e. The fourth-order valence-electron chi connectivity index (χ4n) is 0. The maximum absolute atomic E-state index is 6.33. The van der Waals surface area contributed by atoms with E-state index in [9.17, 15) is 0 Å². The first-order valence-corrected chi connectivity index (χ1v) is 1.26. The molecule has 3 N–H and O–H groups in total. The van der Waals surface area contributed by atoms with Crippen LogP contribution in [0.3, 0.4) is 0 Å². The van der Waals surface area contributed by atoms with Gasteiger partial charge in [0.05, 0.1) is 0 Å². The predicted octanol–water partition coefficient (Wildman–Crippen LogP) is -0.00270. The van der Waals surface area contributed by atoms with E-state index in [0.717, 1.165) is 0 Å². The molecule has 0 amide bonds. The summed E-state index contributed by atoms with van der Waals surface area (Å²) < 4.78 is 0. The SMILES string of the molecule is [NH-]CCN.[Tb]. The molecule has 0 heterocycles. The summed E-state index contributed by atoms with van der Waals surface area (Å²) >= 11 is 0. The maximum atomic E-state index is 6.33. The van der Waals surface area contributed by atoms with E-state index in [0.29, 0.717) is 13.1 Å². The molecule has 5 heavy (non-hydrogen) atoms. The van der Waals surface area contributed by atoms with Crippen LogP contribution in [0.2, 0.25) is 0 Å². The molecule has 0 fully saturated rings. The zero-order valence-corrected chi connectivity index (χ0v) is 4.96. The number of rotatable bonds is 1. The summed E-state index contributed by atoms with van der Waals surface area (Å²) in [4.78, 5) is 0. The second-order valence-electron chi connectivity index (χ2n) is 0.539. The molecule has 0 aliphatic heterocycles. The zero-order chi connectivity index (χ0) is 3.41. The van der Waals surface area contributed by atoms with Crippen molar-refractivity contribution in [2.45, 2.75) is 0 Å². The number of hydrogen-bond acceptors (Lipinski definition) is 1. The summed E-state index contributed by atoms with van der Waals surface area (Å²) in [5.41, 5.74) is 11.2. The molecule has 0 aliphatic carbocycles. The second kappa shape index (κ2) is 8.96. The number of nitrogens with two attached hydrogens (primary N) is 1. The van der Waals surface area contributed by atoms with Crippen LogP contribution in [0, 0.1) is 38.6 Å². The number of nitrogens with one attached hydrogen (secondary N) is 1. The van der Waals surface area contributed by atoms with Crippen LogP contribution in [0.1, 0.15) is 0 Å². The minimum absolute atomic E-state index is 0. The quantitative estimate of drug-likeness (QED) is 0.661. The average Bonchev–Trinajstić information content (AvgIpc) is 1.37. The van der Waals surface area contributed by atoms with Gasteiger partial charge in [-0.15, -0.1) is 6.54 Å². The van der Waals surface area contributed by atoms with Crippen molar-refractivity contribution >= 4 is 0 Å². The molecule has 2 nitrogen and oxygen atoms in total. The van der Waals surface area contributed by atoms with Crippen molar-refractivity contribution in [3.05, 3.63) is 5.73 Å². The first kappa shape index (κ1) is 9.51. The van der Waals surface area contributed by atoms with Gasteiger partial charge < -0.3 is 11.5 Å².